The molecule has 9 heteroatoms. The fraction of sp³-hybridized carbons (Fsp3) is 0.0938. The van der Waals surface area contributed by atoms with Gasteiger partial charge in [-0.1, -0.05) is 41.8 Å². The number of aryl methyl sites for hydroxylation is 1. The molecule has 4 heterocycles. The van der Waals surface area contributed by atoms with Gasteiger partial charge < -0.3 is 5.32 Å². The van der Waals surface area contributed by atoms with Crippen molar-refractivity contribution in [2.24, 2.45) is 7.05 Å². The summed E-state index contributed by atoms with van der Waals surface area (Å²) in [5, 5.41) is 9.70. The molecule has 2 aromatic carbocycles. The molecule has 8 nitrogen and oxygen atoms in total. The van der Waals surface area contributed by atoms with Crippen LogP contribution in [0.15, 0.2) is 90.2 Å². The summed E-state index contributed by atoms with van der Waals surface area (Å²) < 4.78 is 3.22. The SMILES string of the molecule is C#Cc1cn(C)nc1-c1cccc(-n2c([C@H](C)NC(=O)c3cncc4cccnc34)cc3cccc(Cl)c3c2=O)c1. The Morgan fingerprint density at radius 3 is 2.71 bits per heavy atom. The number of pyridine rings is 3. The third-order valence-electron chi connectivity index (χ3n) is 6.93. The summed E-state index contributed by atoms with van der Waals surface area (Å²) in [6, 6.07) is 17.6. The van der Waals surface area contributed by atoms with E-state index < -0.39 is 6.04 Å². The van der Waals surface area contributed by atoms with Gasteiger partial charge in [-0.2, -0.15) is 5.10 Å². The highest BCUT2D eigenvalue weighted by Gasteiger charge is 2.22. The van der Waals surface area contributed by atoms with Gasteiger partial charge >= 0.3 is 0 Å². The van der Waals surface area contributed by atoms with Crippen molar-refractivity contribution in [1.29, 1.82) is 0 Å². The number of carbonyl (C=O) groups excluding carboxylic acids is 1. The number of nitrogens with zero attached hydrogens (tertiary/aromatic N) is 5. The van der Waals surface area contributed by atoms with Crippen LogP contribution in [0.3, 0.4) is 0 Å². The normalized spacial score (nSPS) is 11.9. The van der Waals surface area contributed by atoms with Crippen molar-refractivity contribution >= 4 is 39.2 Å². The lowest BCUT2D eigenvalue weighted by atomic mass is 10.0. The molecule has 6 rings (SSSR count). The van der Waals surface area contributed by atoms with Crippen molar-refractivity contribution in [1.82, 2.24) is 29.6 Å². The maximum atomic E-state index is 14.1. The van der Waals surface area contributed by atoms with Crippen LogP contribution in [-0.2, 0) is 7.05 Å². The minimum Gasteiger partial charge on any atom is -0.344 e. The number of terminal acetylenes is 1. The van der Waals surface area contributed by atoms with E-state index in [1.54, 1.807) is 53.1 Å². The minimum atomic E-state index is -0.586. The van der Waals surface area contributed by atoms with E-state index in [2.05, 4.69) is 26.3 Å². The summed E-state index contributed by atoms with van der Waals surface area (Å²) >= 11 is 6.51. The van der Waals surface area contributed by atoms with Crippen LogP contribution >= 0.6 is 11.6 Å². The van der Waals surface area contributed by atoms with Gasteiger partial charge in [0.15, 0.2) is 0 Å². The molecule has 0 bridgehead atoms. The molecule has 0 saturated heterocycles. The van der Waals surface area contributed by atoms with E-state index in [-0.39, 0.29) is 11.5 Å². The number of fused-ring (bicyclic) bond motifs is 2. The van der Waals surface area contributed by atoms with Gasteiger partial charge in [0.25, 0.3) is 11.5 Å². The van der Waals surface area contributed by atoms with Gasteiger partial charge in [-0.25, -0.2) is 0 Å². The van der Waals surface area contributed by atoms with Crippen molar-refractivity contribution in [2.45, 2.75) is 13.0 Å². The molecule has 1 atom stereocenters. The van der Waals surface area contributed by atoms with Crippen molar-refractivity contribution in [3.63, 3.8) is 0 Å². The molecule has 200 valence electrons. The highest BCUT2D eigenvalue weighted by Crippen LogP contribution is 2.28. The third-order valence-corrected chi connectivity index (χ3v) is 7.25. The second-order valence-electron chi connectivity index (χ2n) is 9.63. The van der Waals surface area contributed by atoms with Crippen LogP contribution in [-0.4, -0.2) is 30.2 Å². The molecule has 0 fully saturated rings. The third kappa shape index (κ3) is 4.62. The molecule has 0 aliphatic rings. The topological polar surface area (TPSA) is 94.7 Å². The Kier molecular flexibility index (Phi) is 6.58. The number of benzene rings is 2. The predicted molar refractivity (Wildman–Crippen MR) is 160 cm³/mol. The summed E-state index contributed by atoms with van der Waals surface area (Å²) in [6.07, 6.45) is 12.3. The Balaban J connectivity index is 1.50. The van der Waals surface area contributed by atoms with Gasteiger partial charge in [-0.15, -0.1) is 6.42 Å². The van der Waals surface area contributed by atoms with E-state index in [1.807, 2.05) is 49.4 Å². The molecule has 0 saturated carbocycles. The Morgan fingerprint density at radius 2 is 1.88 bits per heavy atom. The van der Waals surface area contributed by atoms with Gasteiger partial charge in [0, 0.05) is 54.2 Å². The van der Waals surface area contributed by atoms with Crippen LogP contribution in [0.25, 0.3) is 38.6 Å². The lowest BCUT2D eigenvalue weighted by Crippen LogP contribution is -2.32. The minimum absolute atomic E-state index is 0.312. The van der Waals surface area contributed by atoms with Crippen LogP contribution in [0.2, 0.25) is 5.02 Å². The summed E-state index contributed by atoms with van der Waals surface area (Å²) in [4.78, 5) is 36.1. The first-order chi connectivity index (χ1) is 19.9. The number of halogens is 1. The van der Waals surface area contributed by atoms with Crippen LogP contribution < -0.4 is 10.9 Å². The monoisotopic (exact) mass is 558 g/mol. The Bertz CT molecular complexity index is 2080. The van der Waals surface area contributed by atoms with Gasteiger partial charge in [0.1, 0.15) is 5.69 Å². The molecule has 41 heavy (non-hydrogen) atoms. The molecule has 1 N–H and O–H groups in total. The van der Waals surface area contributed by atoms with Gasteiger partial charge in [-0.05, 0) is 48.7 Å². The molecule has 6 aromatic rings. The van der Waals surface area contributed by atoms with Crippen LogP contribution in [0, 0.1) is 12.3 Å². The Hall–Kier alpha value is -5.26. The first-order valence-electron chi connectivity index (χ1n) is 12.8. The number of nitrogens with one attached hydrogen (secondary N) is 1. The molecular formula is C32H23ClN6O2. The number of amides is 1. The second-order valence-corrected chi connectivity index (χ2v) is 10.0. The van der Waals surface area contributed by atoms with Gasteiger partial charge in [0.05, 0.1) is 33.1 Å². The second kappa shape index (κ2) is 10.4. The van der Waals surface area contributed by atoms with E-state index in [4.69, 9.17) is 18.0 Å². The van der Waals surface area contributed by atoms with Crippen molar-refractivity contribution < 1.29 is 4.79 Å². The number of hydrogen-bond acceptors (Lipinski definition) is 5. The smallest absolute Gasteiger partial charge is 0.264 e. The van der Waals surface area contributed by atoms with E-state index in [9.17, 15) is 9.59 Å². The maximum absolute atomic E-state index is 14.1. The van der Waals surface area contributed by atoms with Crippen LogP contribution in [0.1, 0.15) is 34.6 Å². The Morgan fingerprint density at radius 1 is 1.07 bits per heavy atom. The lowest BCUT2D eigenvalue weighted by Gasteiger charge is -2.22. The maximum Gasteiger partial charge on any atom is 0.264 e. The molecular weight excluding hydrogens is 536 g/mol. The van der Waals surface area contributed by atoms with Gasteiger partial charge in [-0.3, -0.25) is 28.8 Å². The molecule has 4 aromatic heterocycles. The zero-order valence-corrected chi connectivity index (χ0v) is 22.9. The van der Waals surface area contributed by atoms with Crippen molar-refractivity contribution in [3.8, 4) is 29.3 Å². The van der Waals surface area contributed by atoms with Crippen LogP contribution in [0.4, 0.5) is 0 Å². The lowest BCUT2D eigenvalue weighted by molar-refractivity contribution is 0.0940. The number of aromatic nitrogens is 5. The molecule has 0 spiro atoms. The summed E-state index contributed by atoms with van der Waals surface area (Å²) in [6.45, 7) is 1.82. The first kappa shape index (κ1) is 26.0. The van der Waals surface area contributed by atoms with E-state index in [0.29, 0.717) is 49.5 Å². The standard InChI is InChI=1S/C32H23ClN6O2/c1-4-20-18-38(3)37-29(20)22-9-5-11-24(14-22)39-27(15-21-8-6-12-26(33)28(21)32(39)41)19(2)36-31(40)25-17-34-16-23-10-7-13-35-30(23)25/h1,5-19H,2-3H3,(H,36,40)/t19-/m0/s1. The van der Waals surface area contributed by atoms with Crippen LogP contribution in [0.5, 0.6) is 0 Å². The fourth-order valence-corrected chi connectivity index (χ4v) is 5.30. The molecule has 0 aliphatic heterocycles. The highest BCUT2D eigenvalue weighted by atomic mass is 35.5. The average molecular weight is 559 g/mol. The van der Waals surface area contributed by atoms with E-state index in [0.717, 1.165) is 10.9 Å². The highest BCUT2D eigenvalue weighted by molar-refractivity contribution is 6.35. The largest absolute Gasteiger partial charge is 0.344 e. The van der Waals surface area contributed by atoms with E-state index >= 15 is 0 Å². The first-order valence-corrected chi connectivity index (χ1v) is 13.2. The average Bonchev–Trinajstić information content (AvgIpc) is 3.37. The number of rotatable bonds is 5. The summed E-state index contributed by atoms with van der Waals surface area (Å²) in [5.41, 5.74) is 3.72. The van der Waals surface area contributed by atoms with Crippen molar-refractivity contribution in [3.05, 3.63) is 118 Å². The predicted octanol–water partition coefficient (Wildman–Crippen LogP) is 5.46. The van der Waals surface area contributed by atoms with Crippen molar-refractivity contribution in [2.75, 3.05) is 0 Å². The quantitative estimate of drug-likeness (QED) is 0.284. The number of carbonyl (C=O) groups is 1. The summed E-state index contributed by atoms with van der Waals surface area (Å²) in [7, 11) is 1.80. The zero-order chi connectivity index (χ0) is 28.7. The fourth-order valence-electron chi connectivity index (χ4n) is 5.04. The molecule has 1 amide bonds. The molecule has 0 unspecified atom stereocenters. The zero-order valence-electron chi connectivity index (χ0n) is 22.2. The molecule has 0 radical (unpaired) electrons. The summed E-state index contributed by atoms with van der Waals surface area (Å²) in [5.74, 6) is 2.31. The molecule has 0 aliphatic carbocycles. The van der Waals surface area contributed by atoms with E-state index in [1.165, 1.54) is 6.20 Å². The van der Waals surface area contributed by atoms with Gasteiger partial charge in [0.2, 0.25) is 0 Å². The number of hydrogen-bond donors (Lipinski definition) is 1. The Labute approximate surface area is 240 Å².